The first-order valence-corrected chi connectivity index (χ1v) is 10.7. The average Bonchev–Trinajstić information content (AvgIpc) is 3.17. The van der Waals surface area contributed by atoms with Gasteiger partial charge in [0.25, 0.3) is 0 Å². The maximum absolute atomic E-state index is 12.9. The lowest BCUT2D eigenvalue weighted by atomic mass is 10.0. The van der Waals surface area contributed by atoms with Crippen LogP contribution in [0.5, 0.6) is 11.5 Å². The molecule has 1 aliphatic heterocycles. The number of benzene rings is 2. The second-order valence-electron chi connectivity index (χ2n) is 6.59. The van der Waals surface area contributed by atoms with Crippen molar-refractivity contribution in [2.75, 3.05) is 26.8 Å². The number of aromatic nitrogens is 2. The molecule has 3 aromatic rings. The van der Waals surface area contributed by atoms with Crippen LogP contribution in [-0.2, 0) is 10.0 Å². The van der Waals surface area contributed by atoms with Crippen LogP contribution < -0.4 is 9.47 Å². The molecule has 0 saturated carbocycles. The molecule has 29 heavy (non-hydrogen) atoms. The molecule has 0 aliphatic carbocycles. The van der Waals surface area contributed by atoms with Gasteiger partial charge in [-0.1, -0.05) is 29.4 Å². The number of methoxy groups -OCH3 is 1. The summed E-state index contributed by atoms with van der Waals surface area (Å²) in [5, 5.41) is 4.02. The van der Waals surface area contributed by atoms with Crippen LogP contribution >= 0.6 is 0 Å². The van der Waals surface area contributed by atoms with Gasteiger partial charge in [-0.05, 0) is 31.2 Å². The summed E-state index contributed by atoms with van der Waals surface area (Å²) < 4.78 is 43.4. The highest BCUT2D eigenvalue weighted by molar-refractivity contribution is 7.89. The van der Waals surface area contributed by atoms with Gasteiger partial charge in [0.05, 0.1) is 19.6 Å². The van der Waals surface area contributed by atoms with Gasteiger partial charge in [-0.25, -0.2) is 8.42 Å². The zero-order valence-electron chi connectivity index (χ0n) is 16.1. The Labute approximate surface area is 169 Å². The molecule has 0 atom stereocenters. The van der Waals surface area contributed by atoms with E-state index in [4.69, 9.17) is 14.0 Å². The Morgan fingerprint density at radius 2 is 1.97 bits per heavy atom. The third-order valence-corrected chi connectivity index (χ3v) is 6.60. The molecule has 0 amide bonds. The highest BCUT2D eigenvalue weighted by Crippen LogP contribution is 2.35. The van der Waals surface area contributed by atoms with E-state index in [1.807, 2.05) is 31.2 Å². The molecule has 2 heterocycles. The van der Waals surface area contributed by atoms with Crippen molar-refractivity contribution in [3.05, 3.63) is 54.4 Å². The highest BCUT2D eigenvalue weighted by atomic mass is 32.2. The molecule has 1 aliphatic rings. The maximum Gasteiger partial charge on any atom is 0.246 e. The quantitative estimate of drug-likeness (QED) is 0.585. The minimum absolute atomic E-state index is 0.143. The van der Waals surface area contributed by atoms with E-state index in [0.29, 0.717) is 29.8 Å². The molecule has 9 heteroatoms. The second kappa shape index (κ2) is 7.84. The third-order valence-electron chi connectivity index (χ3n) is 4.73. The summed E-state index contributed by atoms with van der Waals surface area (Å²) in [6.07, 6.45) is 0. The predicted molar refractivity (Wildman–Crippen MR) is 105 cm³/mol. The smallest absolute Gasteiger partial charge is 0.246 e. The van der Waals surface area contributed by atoms with E-state index in [1.54, 1.807) is 31.4 Å². The molecule has 1 saturated heterocycles. The molecule has 0 radical (unpaired) electrons. The Morgan fingerprint density at radius 3 is 2.72 bits per heavy atom. The second-order valence-corrected chi connectivity index (χ2v) is 8.49. The first-order valence-electron chi connectivity index (χ1n) is 9.23. The standard InChI is InChI=1S/C20H21N3O5S/c1-3-27-17-9-4-5-10-18(17)29(24,25)23-12-15(13-23)20-21-19(22-28-20)14-7-6-8-16(11-14)26-2/h4-11,15H,3,12-13H2,1-2H3. The minimum atomic E-state index is -3.65. The zero-order chi connectivity index (χ0) is 20.4. The van der Waals surface area contributed by atoms with Crippen molar-refractivity contribution < 1.29 is 22.4 Å². The lowest BCUT2D eigenvalue weighted by Crippen LogP contribution is -2.48. The first-order chi connectivity index (χ1) is 14.0. The van der Waals surface area contributed by atoms with Gasteiger partial charge in [-0.15, -0.1) is 0 Å². The summed E-state index contributed by atoms with van der Waals surface area (Å²) in [6, 6.07) is 14.0. The number of para-hydroxylation sites is 1. The summed E-state index contributed by atoms with van der Waals surface area (Å²) in [4.78, 5) is 4.60. The lowest BCUT2D eigenvalue weighted by molar-refractivity contribution is 0.216. The van der Waals surface area contributed by atoms with Gasteiger partial charge in [-0.3, -0.25) is 0 Å². The molecular formula is C20H21N3O5S. The molecule has 0 unspecified atom stereocenters. The Balaban J connectivity index is 1.48. The molecule has 0 spiro atoms. The first kappa shape index (κ1) is 19.4. The third kappa shape index (κ3) is 3.70. The van der Waals surface area contributed by atoms with Gasteiger partial charge in [0.1, 0.15) is 16.4 Å². The molecule has 1 aromatic heterocycles. The van der Waals surface area contributed by atoms with Crippen molar-refractivity contribution in [3.8, 4) is 22.9 Å². The highest BCUT2D eigenvalue weighted by Gasteiger charge is 2.41. The van der Waals surface area contributed by atoms with Crippen LogP contribution in [0.15, 0.2) is 57.9 Å². The van der Waals surface area contributed by atoms with Crippen molar-refractivity contribution in [2.45, 2.75) is 17.7 Å². The fourth-order valence-electron chi connectivity index (χ4n) is 3.15. The van der Waals surface area contributed by atoms with Crippen LogP contribution in [0.2, 0.25) is 0 Å². The zero-order valence-corrected chi connectivity index (χ0v) is 16.9. The number of rotatable bonds is 7. The van der Waals surface area contributed by atoms with E-state index in [2.05, 4.69) is 10.1 Å². The van der Waals surface area contributed by atoms with Crippen molar-refractivity contribution >= 4 is 10.0 Å². The number of sulfonamides is 1. The van der Waals surface area contributed by atoms with E-state index in [0.717, 1.165) is 5.56 Å². The number of ether oxygens (including phenoxy) is 2. The van der Waals surface area contributed by atoms with Gasteiger partial charge < -0.3 is 14.0 Å². The van der Waals surface area contributed by atoms with E-state index >= 15 is 0 Å². The molecule has 2 aromatic carbocycles. The molecule has 0 N–H and O–H groups in total. The Kier molecular flexibility index (Phi) is 5.25. The maximum atomic E-state index is 12.9. The largest absolute Gasteiger partial charge is 0.497 e. The summed E-state index contributed by atoms with van der Waals surface area (Å²) >= 11 is 0. The van der Waals surface area contributed by atoms with E-state index in [9.17, 15) is 8.42 Å². The predicted octanol–water partition coefficient (Wildman–Crippen LogP) is 2.93. The minimum Gasteiger partial charge on any atom is -0.497 e. The van der Waals surface area contributed by atoms with Gasteiger partial charge >= 0.3 is 0 Å². The lowest BCUT2D eigenvalue weighted by Gasteiger charge is -2.36. The van der Waals surface area contributed by atoms with Crippen LogP contribution in [0, 0.1) is 0 Å². The topological polar surface area (TPSA) is 94.8 Å². The van der Waals surface area contributed by atoms with E-state index in [-0.39, 0.29) is 23.9 Å². The van der Waals surface area contributed by atoms with Gasteiger partial charge in [0, 0.05) is 18.7 Å². The Morgan fingerprint density at radius 1 is 1.17 bits per heavy atom. The number of nitrogens with zero attached hydrogens (tertiary/aromatic N) is 3. The monoisotopic (exact) mass is 415 g/mol. The van der Waals surface area contributed by atoms with Gasteiger partial charge in [-0.2, -0.15) is 9.29 Å². The van der Waals surface area contributed by atoms with Crippen molar-refractivity contribution in [1.82, 2.24) is 14.4 Å². The molecule has 0 bridgehead atoms. The van der Waals surface area contributed by atoms with E-state index in [1.165, 1.54) is 4.31 Å². The summed E-state index contributed by atoms with van der Waals surface area (Å²) in [5.74, 6) is 1.78. The fraction of sp³-hybridized carbons (Fsp3) is 0.300. The number of hydrogen-bond donors (Lipinski definition) is 0. The van der Waals surface area contributed by atoms with E-state index < -0.39 is 10.0 Å². The SMILES string of the molecule is CCOc1ccccc1S(=O)(=O)N1CC(c2nc(-c3cccc(OC)c3)no2)C1. The van der Waals surface area contributed by atoms with Crippen molar-refractivity contribution in [2.24, 2.45) is 0 Å². The Hall–Kier alpha value is -2.91. The average molecular weight is 415 g/mol. The number of hydrogen-bond acceptors (Lipinski definition) is 7. The Bertz CT molecular complexity index is 1110. The van der Waals surface area contributed by atoms with Crippen molar-refractivity contribution in [3.63, 3.8) is 0 Å². The molecule has 152 valence electrons. The molecule has 4 rings (SSSR count). The molecule has 8 nitrogen and oxygen atoms in total. The van der Waals surface area contributed by atoms with Gasteiger partial charge in [0.2, 0.25) is 21.7 Å². The van der Waals surface area contributed by atoms with Crippen LogP contribution in [-0.4, -0.2) is 49.7 Å². The summed E-state index contributed by atoms with van der Waals surface area (Å²) in [5.41, 5.74) is 0.772. The molecular weight excluding hydrogens is 394 g/mol. The fourth-order valence-corrected chi connectivity index (χ4v) is 4.81. The van der Waals surface area contributed by atoms with Crippen LogP contribution in [0.25, 0.3) is 11.4 Å². The summed E-state index contributed by atoms with van der Waals surface area (Å²) in [6.45, 7) is 2.77. The van der Waals surface area contributed by atoms with Crippen LogP contribution in [0.1, 0.15) is 18.7 Å². The van der Waals surface area contributed by atoms with Crippen LogP contribution in [0.3, 0.4) is 0 Å². The van der Waals surface area contributed by atoms with Crippen LogP contribution in [0.4, 0.5) is 0 Å². The molecule has 1 fully saturated rings. The van der Waals surface area contributed by atoms with Crippen molar-refractivity contribution in [1.29, 1.82) is 0 Å². The summed E-state index contributed by atoms with van der Waals surface area (Å²) in [7, 11) is -2.06. The van der Waals surface area contributed by atoms with Gasteiger partial charge in [0.15, 0.2) is 0 Å². The normalized spacial score (nSPS) is 15.1.